The zero-order valence-corrected chi connectivity index (χ0v) is 14.3. The van der Waals surface area contributed by atoms with E-state index in [-0.39, 0.29) is 11.9 Å². The van der Waals surface area contributed by atoms with Gasteiger partial charge in [0.1, 0.15) is 6.07 Å². The van der Waals surface area contributed by atoms with Crippen LogP contribution in [0.15, 0.2) is 60.7 Å². The van der Waals surface area contributed by atoms with Gasteiger partial charge in [0.2, 0.25) is 5.91 Å². The van der Waals surface area contributed by atoms with Crippen LogP contribution in [0.1, 0.15) is 24.5 Å². The summed E-state index contributed by atoms with van der Waals surface area (Å²) in [6.45, 7) is 3.50. The largest absolute Gasteiger partial charge is 0.324 e. The van der Waals surface area contributed by atoms with E-state index in [1.807, 2.05) is 31.2 Å². The molecule has 0 saturated carbocycles. The molecule has 3 rings (SSSR count). The number of para-hydroxylation sites is 1. The SMILES string of the molecule is CC(C(=O)Nc1ccccc1C#N)N1CC=C(c2ccccc2)CC1. The summed E-state index contributed by atoms with van der Waals surface area (Å²) >= 11 is 0. The lowest BCUT2D eigenvalue weighted by atomic mass is 9.99. The average molecular weight is 331 g/mol. The number of carbonyl (C=O) groups excluding carboxylic acids is 1. The molecule has 1 aliphatic rings. The van der Waals surface area contributed by atoms with Gasteiger partial charge in [-0.25, -0.2) is 0 Å². The van der Waals surface area contributed by atoms with Gasteiger partial charge in [0.05, 0.1) is 17.3 Å². The third-order valence-corrected chi connectivity index (χ3v) is 4.62. The molecule has 1 aliphatic heterocycles. The Bertz CT molecular complexity index is 821. The molecule has 1 amide bonds. The van der Waals surface area contributed by atoms with Gasteiger partial charge in [0, 0.05) is 13.1 Å². The van der Waals surface area contributed by atoms with Crippen LogP contribution >= 0.6 is 0 Å². The fraction of sp³-hybridized carbons (Fsp3) is 0.238. The number of carbonyl (C=O) groups is 1. The summed E-state index contributed by atoms with van der Waals surface area (Å²) in [7, 11) is 0. The molecular weight excluding hydrogens is 310 g/mol. The number of hydrogen-bond acceptors (Lipinski definition) is 3. The van der Waals surface area contributed by atoms with Crippen molar-refractivity contribution in [3.8, 4) is 6.07 Å². The van der Waals surface area contributed by atoms with E-state index in [2.05, 4.69) is 34.5 Å². The highest BCUT2D eigenvalue weighted by atomic mass is 16.2. The number of hydrogen-bond donors (Lipinski definition) is 1. The zero-order chi connectivity index (χ0) is 17.6. The fourth-order valence-corrected chi connectivity index (χ4v) is 3.04. The molecule has 0 fully saturated rings. The highest BCUT2D eigenvalue weighted by Crippen LogP contribution is 2.23. The minimum absolute atomic E-state index is 0.0840. The molecule has 4 heteroatoms. The molecule has 0 spiro atoms. The van der Waals surface area contributed by atoms with Crippen molar-refractivity contribution < 1.29 is 4.79 Å². The van der Waals surface area contributed by atoms with E-state index in [1.165, 1.54) is 11.1 Å². The van der Waals surface area contributed by atoms with Gasteiger partial charge in [-0.2, -0.15) is 5.26 Å². The molecule has 126 valence electrons. The van der Waals surface area contributed by atoms with Gasteiger partial charge in [0.15, 0.2) is 0 Å². The number of anilines is 1. The second kappa shape index (κ2) is 7.78. The van der Waals surface area contributed by atoms with E-state index in [4.69, 9.17) is 5.26 Å². The second-order valence-electron chi connectivity index (χ2n) is 6.16. The molecule has 0 saturated heterocycles. The molecule has 0 bridgehead atoms. The molecule has 4 nitrogen and oxygen atoms in total. The summed E-state index contributed by atoms with van der Waals surface area (Å²) in [5.74, 6) is -0.0840. The summed E-state index contributed by atoms with van der Waals surface area (Å²) in [5.41, 5.74) is 3.63. The molecule has 1 atom stereocenters. The molecule has 1 unspecified atom stereocenters. The molecular formula is C21H21N3O. The maximum absolute atomic E-state index is 12.5. The normalized spacial score (nSPS) is 15.8. The van der Waals surface area contributed by atoms with Gasteiger partial charge in [-0.1, -0.05) is 48.5 Å². The Hall–Kier alpha value is -2.90. The summed E-state index contributed by atoms with van der Waals surface area (Å²) in [5, 5.41) is 12.0. The van der Waals surface area contributed by atoms with Gasteiger partial charge in [0.25, 0.3) is 0 Å². The van der Waals surface area contributed by atoms with Crippen LogP contribution in [-0.2, 0) is 4.79 Å². The van der Waals surface area contributed by atoms with Crippen molar-refractivity contribution in [2.45, 2.75) is 19.4 Å². The third-order valence-electron chi connectivity index (χ3n) is 4.62. The van der Waals surface area contributed by atoms with Gasteiger partial charge < -0.3 is 5.32 Å². The fourth-order valence-electron chi connectivity index (χ4n) is 3.04. The predicted octanol–water partition coefficient (Wildman–Crippen LogP) is 3.67. The Morgan fingerprint density at radius 1 is 1.16 bits per heavy atom. The first-order chi connectivity index (χ1) is 12.2. The van der Waals surface area contributed by atoms with E-state index < -0.39 is 0 Å². The summed E-state index contributed by atoms with van der Waals surface area (Å²) in [6.07, 6.45) is 3.13. The van der Waals surface area contributed by atoms with Crippen molar-refractivity contribution in [1.82, 2.24) is 4.90 Å². The molecule has 0 aromatic heterocycles. The van der Waals surface area contributed by atoms with Crippen LogP contribution in [0.5, 0.6) is 0 Å². The number of nitrogens with zero attached hydrogens (tertiary/aromatic N) is 2. The number of nitriles is 1. The van der Waals surface area contributed by atoms with Crippen LogP contribution in [-0.4, -0.2) is 29.9 Å². The Kier molecular flexibility index (Phi) is 5.27. The standard InChI is InChI=1S/C21H21N3O/c1-16(21(25)23-20-10-6-5-9-19(20)15-22)24-13-11-18(12-14-24)17-7-3-2-4-8-17/h2-11,16H,12-14H2,1H3,(H,23,25). The maximum Gasteiger partial charge on any atom is 0.241 e. The quantitative estimate of drug-likeness (QED) is 0.930. The maximum atomic E-state index is 12.5. The smallest absolute Gasteiger partial charge is 0.241 e. The highest BCUT2D eigenvalue weighted by molar-refractivity contribution is 5.95. The highest BCUT2D eigenvalue weighted by Gasteiger charge is 2.23. The Morgan fingerprint density at radius 3 is 2.56 bits per heavy atom. The number of rotatable bonds is 4. The van der Waals surface area contributed by atoms with Crippen molar-refractivity contribution in [3.05, 3.63) is 71.8 Å². The van der Waals surface area contributed by atoms with E-state index in [9.17, 15) is 4.79 Å². The minimum Gasteiger partial charge on any atom is -0.324 e. The first kappa shape index (κ1) is 16.9. The minimum atomic E-state index is -0.250. The van der Waals surface area contributed by atoms with Crippen molar-refractivity contribution in [3.63, 3.8) is 0 Å². The van der Waals surface area contributed by atoms with Gasteiger partial charge >= 0.3 is 0 Å². The first-order valence-electron chi connectivity index (χ1n) is 8.47. The van der Waals surface area contributed by atoms with Crippen LogP contribution < -0.4 is 5.32 Å². The molecule has 1 heterocycles. The lowest BCUT2D eigenvalue weighted by Crippen LogP contribution is -2.44. The summed E-state index contributed by atoms with van der Waals surface area (Å²) in [6, 6.07) is 19.3. The predicted molar refractivity (Wildman–Crippen MR) is 99.9 cm³/mol. The second-order valence-corrected chi connectivity index (χ2v) is 6.16. The van der Waals surface area contributed by atoms with E-state index in [0.29, 0.717) is 11.3 Å². The summed E-state index contributed by atoms with van der Waals surface area (Å²) in [4.78, 5) is 14.7. The van der Waals surface area contributed by atoms with Gasteiger partial charge in [-0.05, 0) is 36.6 Å². The van der Waals surface area contributed by atoms with E-state index in [0.717, 1.165) is 19.5 Å². The molecule has 1 N–H and O–H groups in total. The van der Waals surface area contributed by atoms with Crippen LogP contribution in [0.4, 0.5) is 5.69 Å². The molecule has 0 radical (unpaired) electrons. The number of nitrogens with one attached hydrogen (secondary N) is 1. The van der Waals surface area contributed by atoms with Crippen molar-refractivity contribution in [2.24, 2.45) is 0 Å². The lowest BCUT2D eigenvalue weighted by molar-refractivity contribution is -0.120. The monoisotopic (exact) mass is 331 g/mol. The molecule has 2 aromatic carbocycles. The van der Waals surface area contributed by atoms with Crippen LogP contribution in [0.2, 0.25) is 0 Å². The first-order valence-corrected chi connectivity index (χ1v) is 8.47. The van der Waals surface area contributed by atoms with Gasteiger partial charge in [-0.15, -0.1) is 0 Å². The third kappa shape index (κ3) is 3.96. The zero-order valence-electron chi connectivity index (χ0n) is 14.3. The topological polar surface area (TPSA) is 56.1 Å². The number of amides is 1. The molecule has 0 aliphatic carbocycles. The van der Waals surface area contributed by atoms with Crippen LogP contribution in [0.25, 0.3) is 5.57 Å². The van der Waals surface area contributed by atoms with Crippen LogP contribution in [0, 0.1) is 11.3 Å². The van der Waals surface area contributed by atoms with Crippen LogP contribution in [0.3, 0.4) is 0 Å². The summed E-state index contributed by atoms with van der Waals surface area (Å²) < 4.78 is 0. The molecule has 2 aromatic rings. The van der Waals surface area contributed by atoms with E-state index in [1.54, 1.807) is 18.2 Å². The Balaban J connectivity index is 1.64. The Labute approximate surface area is 148 Å². The average Bonchev–Trinajstić information content (AvgIpc) is 2.68. The molecule has 25 heavy (non-hydrogen) atoms. The lowest BCUT2D eigenvalue weighted by Gasteiger charge is -2.31. The van der Waals surface area contributed by atoms with Crippen molar-refractivity contribution in [1.29, 1.82) is 5.26 Å². The van der Waals surface area contributed by atoms with E-state index >= 15 is 0 Å². The number of benzene rings is 2. The van der Waals surface area contributed by atoms with Gasteiger partial charge in [-0.3, -0.25) is 9.69 Å². The van der Waals surface area contributed by atoms with Crippen molar-refractivity contribution >= 4 is 17.2 Å². The Morgan fingerprint density at radius 2 is 1.88 bits per heavy atom. The van der Waals surface area contributed by atoms with Crippen molar-refractivity contribution in [2.75, 3.05) is 18.4 Å².